The molecule has 0 atom stereocenters. The second kappa shape index (κ2) is 3.06. The first-order chi connectivity index (χ1) is 4.12. The summed E-state index contributed by atoms with van der Waals surface area (Å²) in [5, 5.41) is 15.8. The molecule has 5 heteroatoms. The minimum absolute atomic E-state index is 0.569. The summed E-state index contributed by atoms with van der Waals surface area (Å²) in [5.41, 5.74) is 0. The standard InChI is InChI=1S/C4H4N2O2S/c5-1-3-9(7,8)4-2-6/h3-4H2. The molecule has 0 aliphatic heterocycles. The van der Waals surface area contributed by atoms with Crippen molar-refractivity contribution in [3.63, 3.8) is 0 Å². The zero-order chi connectivity index (χ0) is 7.33. The highest BCUT2D eigenvalue weighted by Gasteiger charge is 2.07. The van der Waals surface area contributed by atoms with Crippen molar-refractivity contribution in [2.75, 3.05) is 11.5 Å². The summed E-state index contributed by atoms with van der Waals surface area (Å²) in [5.74, 6) is -1.14. The second-order valence-corrected chi connectivity index (χ2v) is 3.41. The molecule has 0 saturated carbocycles. The van der Waals surface area contributed by atoms with Crippen molar-refractivity contribution in [3.8, 4) is 12.1 Å². The van der Waals surface area contributed by atoms with Gasteiger partial charge in [-0.3, -0.25) is 0 Å². The van der Waals surface area contributed by atoms with Gasteiger partial charge in [-0.1, -0.05) is 0 Å². The van der Waals surface area contributed by atoms with E-state index in [1.807, 2.05) is 0 Å². The van der Waals surface area contributed by atoms with E-state index in [9.17, 15) is 8.42 Å². The Labute approximate surface area is 53.2 Å². The second-order valence-electron chi connectivity index (χ2n) is 1.35. The van der Waals surface area contributed by atoms with Gasteiger partial charge >= 0.3 is 0 Å². The topological polar surface area (TPSA) is 81.7 Å². The zero-order valence-corrected chi connectivity index (χ0v) is 5.35. The molecule has 0 aliphatic carbocycles. The van der Waals surface area contributed by atoms with Gasteiger partial charge in [0.25, 0.3) is 0 Å². The van der Waals surface area contributed by atoms with Crippen LogP contribution in [0.4, 0.5) is 0 Å². The van der Waals surface area contributed by atoms with Crippen molar-refractivity contribution in [1.29, 1.82) is 10.5 Å². The predicted octanol–water partition coefficient (Wildman–Crippen LogP) is -0.552. The molecule has 0 bridgehead atoms. The smallest absolute Gasteiger partial charge is 0.176 e. The summed E-state index contributed by atoms with van der Waals surface area (Å²) in [4.78, 5) is 0. The number of nitriles is 2. The Kier molecular flexibility index (Phi) is 2.69. The predicted molar refractivity (Wildman–Crippen MR) is 29.9 cm³/mol. The lowest BCUT2D eigenvalue weighted by atomic mass is 10.9. The molecular formula is C4H4N2O2S. The van der Waals surface area contributed by atoms with Crippen LogP contribution in [-0.2, 0) is 9.84 Å². The fourth-order valence-corrected chi connectivity index (χ4v) is 0.743. The molecule has 0 aromatic carbocycles. The number of hydrogen-bond acceptors (Lipinski definition) is 4. The van der Waals surface area contributed by atoms with Gasteiger partial charge in [-0.25, -0.2) is 8.42 Å². The molecule has 0 unspecified atom stereocenters. The number of sulfone groups is 1. The Morgan fingerprint density at radius 1 is 1.11 bits per heavy atom. The van der Waals surface area contributed by atoms with E-state index in [0.717, 1.165) is 0 Å². The van der Waals surface area contributed by atoms with Gasteiger partial charge in [0, 0.05) is 0 Å². The van der Waals surface area contributed by atoms with Crippen molar-refractivity contribution in [2.24, 2.45) is 0 Å². The van der Waals surface area contributed by atoms with E-state index in [2.05, 4.69) is 0 Å². The fraction of sp³-hybridized carbons (Fsp3) is 0.500. The summed E-state index contributed by atoms with van der Waals surface area (Å²) < 4.78 is 20.8. The molecule has 4 nitrogen and oxygen atoms in total. The van der Waals surface area contributed by atoms with Crippen LogP contribution >= 0.6 is 0 Å². The first kappa shape index (κ1) is 7.93. The summed E-state index contributed by atoms with van der Waals surface area (Å²) in [7, 11) is -3.40. The van der Waals surface area contributed by atoms with Crippen LogP contribution in [0.2, 0.25) is 0 Å². The summed E-state index contributed by atoms with van der Waals surface area (Å²) in [6, 6.07) is 2.91. The number of hydrogen-bond donors (Lipinski definition) is 0. The lowest BCUT2D eigenvalue weighted by molar-refractivity contribution is 0.602. The van der Waals surface area contributed by atoms with Crippen molar-refractivity contribution in [2.45, 2.75) is 0 Å². The highest BCUT2D eigenvalue weighted by Crippen LogP contribution is 1.85. The molecular weight excluding hydrogens is 140 g/mol. The van der Waals surface area contributed by atoms with Gasteiger partial charge in [0.15, 0.2) is 9.84 Å². The van der Waals surface area contributed by atoms with Gasteiger partial charge in [0.05, 0.1) is 12.1 Å². The van der Waals surface area contributed by atoms with E-state index in [-0.39, 0.29) is 0 Å². The number of nitrogens with zero attached hydrogens (tertiary/aromatic N) is 2. The maximum absolute atomic E-state index is 10.4. The van der Waals surface area contributed by atoms with E-state index >= 15 is 0 Å². The van der Waals surface area contributed by atoms with E-state index in [1.165, 1.54) is 12.1 Å². The Balaban J connectivity index is 4.14. The fourth-order valence-electron chi connectivity index (χ4n) is 0.248. The summed E-state index contributed by atoms with van der Waals surface area (Å²) >= 11 is 0. The molecule has 0 saturated heterocycles. The van der Waals surface area contributed by atoms with Crippen molar-refractivity contribution >= 4 is 9.84 Å². The van der Waals surface area contributed by atoms with Gasteiger partial charge in [-0.2, -0.15) is 10.5 Å². The van der Waals surface area contributed by atoms with Crippen LogP contribution in [0.25, 0.3) is 0 Å². The van der Waals surface area contributed by atoms with Crippen LogP contribution in [-0.4, -0.2) is 19.9 Å². The van der Waals surface area contributed by atoms with Gasteiger partial charge in [-0.15, -0.1) is 0 Å². The van der Waals surface area contributed by atoms with E-state index in [1.54, 1.807) is 0 Å². The molecule has 0 amide bonds. The first-order valence-corrected chi connectivity index (χ1v) is 3.89. The SMILES string of the molecule is N#CCS(=O)(=O)CC#N. The zero-order valence-electron chi connectivity index (χ0n) is 4.53. The van der Waals surface area contributed by atoms with Crippen LogP contribution in [0.5, 0.6) is 0 Å². The maximum atomic E-state index is 10.4. The number of rotatable bonds is 2. The lowest BCUT2D eigenvalue weighted by Crippen LogP contribution is -2.07. The van der Waals surface area contributed by atoms with Crippen LogP contribution in [0.1, 0.15) is 0 Å². The molecule has 0 spiro atoms. The Hall–Kier alpha value is -1.07. The molecule has 0 rings (SSSR count). The molecule has 48 valence electrons. The third-order valence-electron chi connectivity index (χ3n) is 0.569. The highest BCUT2D eigenvalue weighted by molar-refractivity contribution is 7.91. The van der Waals surface area contributed by atoms with E-state index in [0.29, 0.717) is 0 Å². The van der Waals surface area contributed by atoms with Gasteiger partial charge in [-0.05, 0) is 0 Å². The van der Waals surface area contributed by atoms with Gasteiger partial charge in [0.2, 0.25) is 0 Å². The Morgan fingerprint density at radius 3 is 1.67 bits per heavy atom. The third kappa shape index (κ3) is 3.51. The minimum atomic E-state index is -3.40. The third-order valence-corrected chi connectivity index (χ3v) is 1.71. The molecule has 0 aliphatic rings. The van der Waals surface area contributed by atoms with Gasteiger partial charge in [0.1, 0.15) is 11.5 Å². The van der Waals surface area contributed by atoms with E-state index < -0.39 is 21.3 Å². The van der Waals surface area contributed by atoms with Crippen LogP contribution in [0.3, 0.4) is 0 Å². The molecule has 0 fully saturated rings. The first-order valence-electron chi connectivity index (χ1n) is 2.07. The van der Waals surface area contributed by atoms with Crippen molar-refractivity contribution < 1.29 is 8.42 Å². The summed E-state index contributed by atoms with van der Waals surface area (Å²) in [6.45, 7) is 0. The molecule has 0 radical (unpaired) electrons. The molecule has 0 heterocycles. The Bertz CT molecular complexity index is 231. The average molecular weight is 144 g/mol. The maximum Gasteiger partial charge on any atom is 0.176 e. The molecule has 0 aromatic rings. The quantitative estimate of drug-likeness (QED) is 0.520. The lowest BCUT2D eigenvalue weighted by Gasteiger charge is -1.85. The molecule has 0 N–H and O–H groups in total. The summed E-state index contributed by atoms with van der Waals surface area (Å²) in [6.07, 6.45) is 0. The Morgan fingerprint density at radius 2 is 1.44 bits per heavy atom. The van der Waals surface area contributed by atoms with Crippen LogP contribution in [0.15, 0.2) is 0 Å². The van der Waals surface area contributed by atoms with Crippen LogP contribution < -0.4 is 0 Å². The normalized spacial score (nSPS) is 9.56. The average Bonchev–Trinajstić information content (AvgIpc) is 1.64. The largest absolute Gasteiger partial charge is 0.227 e. The van der Waals surface area contributed by atoms with E-state index in [4.69, 9.17) is 10.5 Å². The van der Waals surface area contributed by atoms with Crippen LogP contribution in [0, 0.1) is 22.7 Å². The highest BCUT2D eigenvalue weighted by atomic mass is 32.2. The van der Waals surface area contributed by atoms with Gasteiger partial charge < -0.3 is 0 Å². The van der Waals surface area contributed by atoms with Crippen molar-refractivity contribution in [3.05, 3.63) is 0 Å². The minimum Gasteiger partial charge on any atom is -0.227 e. The van der Waals surface area contributed by atoms with Crippen molar-refractivity contribution in [1.82, 2.24) is 0 Å². The molecule has 9 heavy (non-hydrogen) atoms. The monoisotopic (exact) mass is 144 g/mol. The molecule has 0 aromatic heterocycles.